The molecule has 0 aliphatic heterocycles. The minimum absolute atomic E-state index is 0.0777. The van der Waals surface area contributed by atoms with Crippen molar-refractivity contribution in [2.24, 2.45) is 0 Å². The van der Waals surface area contributed by atoms with Gasteiger partial charge >= 0.3 is 11.9 Å². The van der Waals surface area contributed by atoms with Gasteiger partial charge in [0.25, 0.3) is 5.56 Å². The van der Waals surface area contributed by atoms with Crippen molar-refractivity contribution in [2.45, 2.75) is 6.18 Å². The van der Waals surface area contributed by atoms with Crippen LogP contribution in [0.5, 0.6) is 0 Å². The average Bonchev–Trinajstić information content (AvgIpc) is 2.28. The van der Waals surface area contributed by atoms with Crippen LogP contribution in [0.25, 0.3) is 5.69 Å². The van der Waals surface area contributed by atoms with Gasteiger partial charge in [0, 0.05) is 0 Å². The third-order valence-corrected chi connectivity index (χ3v) is 2.13. The van der Waals surface area contributed by atoms with Gasteiger partial charge in [-0.05, 0) is 18.2 Å². The lowest BCUT2D eigenvalue weighted by atomic mass is 10.2. The highest BCUT2D eigenvalue weighted by molar-refractivity contribution is 5.35. The molecule has 1 aromatic carbocycles. The normalized spacial score (nSPS) is 11.5. The molecule has 18 heavy (non-hydrogen) atoms. The summed E-state index contributed by atoms with van der Waals surface area (Å²) < 4.78 is 38.1. The van der Waals surface area contributed by atoms with Crippen LogP contribution in [0.4, 0.5) is 13.2 Å². The van der Waals surface area contributed by atoms with Gasteiger partial charge in [-0.3, -0.25) is 9.78 Å². The molecular weight excluding hydrogens is 251 g/mol. The topological polar surface area (TPSA) is 67.8 Å². The number of aromatic nitrogens is 3. The van der Waals surface area contributed by atoms with E-state index in [4.69, 9.17) is 0 Å². The molecule has 0 aliphatic rings. The maximum absolute atomic E-state index is 12.5. The highest BCUT2D eigenvalue weighted by Gasteiger charge is 2.30. The van der Waals surface area contributed by atoms with Crippen molar-refractivity contribution in [3.05, 3.63) is 56.9 Å². The summed E-state index contributed by atoms with van der Waals surface area (Å²) in [5, 5.41) is 3.46. The van der Waals surface area contributed by atoms with Crippen molar-refractivity contribution < 1.29 is 13.2 Å². The molecule has 0 unspecified atom stereocenters. The number of rotatable bonds is 1. The van der Waals surface area contributed by atoms with Crippen LogP contribution in [-0.2, 0) is 6.18 Å². The molecule has 0 radical (unpaired) electrons. The van der Waals surface area contributed by atoms with Gasteiger partial charge in [0.2, 0.25) is 0 Å². The first-order valence-corrected chi connectivity index (χ1v) is 4.74. The highest BCUT2D eigenvalue weighted by atomic mass is 19.4. The Labute approximate surface area is 97.5 Å². The molecule has 0 amide bonds. The van der Waals surface area contributed by atoms with E-state index < -0.39 is 23.0 Å². The Morgan fingerprint density at radius 2 is 1.94 bits per heavy atom. The molecule has 2 rings (SSSR count). The van der Waals surface area contributed by atoms with Crippen molar-refractivity contribution in [3.63, 3.8) is 0 Å². The molecule has 1 aromatic heterocycles. The molecular formula is C10H6F3N3O2. The molecule has 1 N–H and O–H groups in total. The molecule has 8 heteroatoms. The molecule has 0 fully saturated rings. The van der Waals surface area contributed by atoms with Crippen LogP contribution in [0.2, 0.25) is 0 Å². The summed E-state index contributed by atoms with van der Waals surface area (Å²) in [4.78, 5) is 24.1. The number of benzene rings is 1. The predicted octanol–water partition coefficient (Wildman–Crippen LogP) is 0.940. The Balaban J connectivity index is 2.58. The molecule has 0 saturated heterocycles. The van der Waals surface area contributed by atoms with Gasteiger partial charge in [-0.1, -0.05) is 6.07 Å². The zero-order valence-electron chi connectivity index (χ0n) is 8.73. The number of alkyl halides is 3. The van der Waals surface area contributed by atoms with E-state index in [2.05, 4.69) is 5.10 Å². The van der Waals surface area contributed by atoms with Crippen molar-refractivity contribution in [2.75, 3.05) is 0 Å². The number of aromatic amines is 1. The van der Waals surface area contributed by atoms with E-state index in [1.54, 1.807) is 0 Å². The van der Waals surface area contributed by atoms with E-state index >= 15 is 0 Å². The monoisotopic (exact) mass is 257 g/mol. The second-order valence-corrected chi connectivity index (χ2v) is 3.40. The minimum Gasteiger partial charge on any atom is -0.271 e. The summed E-state index contributed by atoms with van der Waals surface area (Å²) in [6.07, 6.45) is -3.70. The minimum atomic E-state index is -4.51. The zero-order valence-corrected chi connectivity index (χ0v) is 8.73. The standard InChI is InChI=1S/C10H6F3N3O2/c11-10(12,13)6-2-1-3-7(4-6)16-9(18)15-8(17)5-14-16/h1-5H,(H,15,17,18). The summed E-state index contributed by atoms with van der Waals surface area (Å²) in [5.41, 5.74) is -2.60. The zero-order chi connectivity index (χ0) is 13.3. The van der Waals surface area contributed by atoms with E-state index in [9.17, 15) is 22.8 Å². The Morgan fingerprint density at radius 1 is 1.22 bits per heavy atom. The van der Waals surface area contributed by atoms with Crippen LogP contribution in [0.1, 0.15) is 5.56 Å². The number of halogens is 3. The Kier molecular flexibility index (Phi) is 2.77. The Hall–Kier alpha value is -2.38. The maximum atomic E-state index is 12.5. The second-order valence-electron chi connectivity index (χ2n) is 3.40. The van der Waals surface area contributed by atoms with Gasteiger partial charge in [-0.15, -0.1) is 0 Å². The first-order chi connectivity index (χ1) is 8.38. The highest BCUT2D eigenvalue weighted by Crippen LogP contribution is 2.29. The SMILES string of the molecule is O=c1cnn(-c2cccc(C(F)(F)F)c2)c(=O)[nH]1. The van der Waals surface area contributed by atoms with Gasteiger partial charge in [-0.2, -0.15) is 23.0 Å². The van der Waals surface area contributed by atoms with Crippen molar-refractivity contribution in [1.82, 2.24) is 14.8 Å². The van der Waals surface area contributed by atoms with Crippen molar-refractivity contribution >= 4 is 0 Å². The fourth-order valence-electron chi connectivity index (χ4n) is 1.35. The molecule has 2 aromatic rings. The predicted molar refractivity (Wildman–Crippen MR) is 55.5 cm³/mol. The number of hydrogen-bond acceptors (Lipinski definition) is 3. The molecule has 0 atom stereocenters. The molecule has 94 valence electrons. The van der Waals surface area contributed by atoms with Gasteiger partial charge in [-0.25, -0.2) is 4.79 Å². The third kappa shape index (κ3) is 2.31. The van der Waals surface area contributed by atoms with Crippen LogP contribution in [-0.4, -0.2) is 14.8 Å². The fraction of sp³-hybridized carbons (Fsp3) is 0.100. The quantitative estimate of drug-likeness (QED) is 0.826. The van der Waals surface area contributed by atoms with Gasteiger partial charge in [0.05, 0.1) is 11.3 Å². The molecule has 0 bridgehead atoms. The molecule has 0 saturated carbocycles. The van der Waals surface area contributed by atoms with E-state index in [1.807, 2.05) is 4.98 Å². The summed E-state index contributed by atoms with van der Waals surface area (Å²) in [6.45, 7) is 0. The number of nitrogens with zero attached hydrogens (tertiary/aromatic N) is 2. The van der Waals surface area contributed by atoms with Gasteiger partial charge in [0.1, 0.15) is 6.20 Å². The molecule has 5 nitrogen and oxygen atoms in total. The largest absolute Gasteiger partial charge is 0.416 e. The lowest BCUT2D eigenvalue weighted by Gasteiger charge is -2.08. The van der Waals surface area contributed by atoms with Gasteiger partial charge < -0.3 is 0 Å². The van der Waals surface area contributed by atoms with Crippen LogP contribution in [0.3, 0.4) is 0 Å². The first-order valence-electron chi connectivity index (χ1n) is 4.74. The second kappa shape index (κ2) is 4.13. The van der Waals surface area contributed by atoms with Gasteiger partial charge in [0.15, 0.2) is 0 Å². The Bertz CT molecular complexity index is 687. The average molecular weight is 257 g/mol. The van der Waals surface area contributed by atoms with E-state index in [1.165, 1.54) is 6.07 Å². The lowest BCUT2D eigenvalue weighted by Crippen LogP contribution is -2.30. The van der Waals surface area contributed by atoms with Crippen LogP contribution >= 0.6 is 0 Å². The summed E-state index contributed by atoms with van der Waals surface area (Å²) in [5.74, 6) is 0. The summed E-state index contributed by atoms with van der Waals surface area (Å²) in [7, 11) is 0. The fourth-order valence-corrected chi connectivity index (χ4v) is 1.35. The summed E-state index contributed by atoms with van der Waals surface area (Å²) in [6, 6.07) is 4.08. The Morgan fingerprint density at radius 3 is 2.56 bits per heavy atom. The molecule has 0 spiro atoms. The molecule has 1 heterocycles. The van der Waals surface area contributed by atoms with Crippen LogP contribution in [0.15, 0.2) is 40.1 Å². The van der Waals surface area contributed by atoms with E-state index in [0.29, 0.717) is 4.68 Å². The van der Waals surface area contributed by atoms with E-state index in [-0.39, 0.29) is 5.69 Å². The summed E-state index contributed by atoms with van der Waals surface area (Å²) >= 11 is 0. The first kappa shape index (κ1) is 12.1. The van der Waals surface area contributed by atoms with E-state index in [0.717, 1.165) is 24.4 Å². The smallest absolute Gasteiger partial charge is 0.271 e. The number of nitrogens with one attached hydrogen (secondary N) is 1. The lowest BCUT2D eigenvalue weighted by molar-refractivity contribution is -0.137. The van der Waals surface area contributed by atoms with Crippen molar-refractivity contribution in [1.29, 1.82) is 0 Å². The number of H-pyrrole nitrogens is 1. The van der Waals surface area contributed by atoms with Crippen molar-refractivity contribution in [3.8, 4) is 5.69 Å². The maximum Gasteiger partial charge on any atom is 0.416 e. The van der Waals surface area contributed by atoms with Crippen LogP contribution < -0.4 is 11.2 Å². The third-order valence-electron chi connectivity index (χ3n) is 2.13. The molecule has 0 aliphatic carbocycles. The number of hydrogen-bond donors (Lipinski definition) is 1. The van der Waals surface area contributed by atoms with Crippen LogP contribution in [0, 0.1) is 0 Å².